The van der Waals surface area contributed by atoms with Crippen LogP contribution in [0.3, 0.4) is 0 Å². The van der Waals surface area contributed by atoms with E-state index >= 15 is 0 Å². The van der Waals surface area contributed by atoms with Crippen LogP contribution in [0.5, 0.6) is 5.88 Å². The number of aliphatic carboxylic acids is 1. The van der Waals surface area contributed by atoms with Gasteiger partial charge in [-0.3, -0.25) is 9.78 Å². The number of carbonyl (C=O) groups is 1. The highest BCUT2D eigenvalue weighted by Gasteiger charge is 2.09. The number of rotatable bonds is 5. The fourth-order valence-corrected chi connectivity index (χ4v) is 1.10. The first-order valence-electron chi connectivity index (χ1n) is 4.90. The lowest BCUT2D eigenvalue weighted by Gasteiger charge is -2.16. The molecule has 0 atom stereocenters. The molecule has 1 heterocycles. The topological polar surface area (TPSA) is 75.5 Å². The van der Waals surface area contributed by atoms with Crippen LogP contribution < -0.4 is 9.64 Å². The third kappa shape index (κ3) is 3.72. The van der Waals surface area contributed by atoms with Crippen molar-refractivity contribution in [3.63, 3.8) is 0 Å². The molecule has 0 saturated heterocycles. The maximum absolute atomic E-state index is 10.5. The smallest absolute Gasteiger partial charge is 0.323 e. The number of hydrogen-bond donors (Lipinski definition) is 1. The molecule has 6 nitrogen and oxygen atoms in total. The summed E-state index contributed by atoms with van der Waals surface area (Å²) in [6.45, 7) is 3.64. The molecule has 0 spiro atoms. The second kappa shape index (κ2) is 5.29. The Morgan fingerprint density at radius 3 is 2.81 bits per heavy atom. The summed E-state index contributed by atoms with van der Waals surface area (Å²) in [6, 6.07) is 0. The lowest BCUT2D eigenvalue weighted by atomic mass is 10.5. The van der Waals surface area contributed by atoms with Crippen molar-refractivity contribution < 1.29 is 14.6 Å². The van der Waals surface area contributed by atoms with Gasteiger partial charge in [0.05, 0.1) is 18.5 Å². The number of likely N-dealkylation sites (N-methyl/N-ethyl adjacent to an activating group) is 1. The molecule has 0 unspecified atom stereocenters. The Kier molecular flexibility index (Phi) is 4.04. The Bertz CT molecular complexity index is 368. The summed E-state index contributed by atoms with van der Waals surface area (Å²) in [4.78, 5) is 20.1. The van der Waals surface area contributed by atoms with Crippen LogP contribution >= 0.6 is 0 Å². The van der Waals surface area contributed by atoms with Crippen molar-refractivity contribution in [2.45, 2.75) is 20.0 Å². The van der Waals surface area contributed by atoms with Crippen LogP contribution in [0.15, 0.2) is 12.4 Å². The van der Waals surface area contributed by atoms with E-state index < -0.39 is 5.97 Å². The summed E-state index contributed by atoms with van der Waals surface area (Å²) in [5.74, 6) is -0.0511. The molecule has 0 fully saturated rings. The zero-order chi connectivity index (χ0) is 12.1. The van der Waals surface area contributed by atoms with Crippen molar-refractivity contribution >= 4 is 11.8 Å². The highest BCUT2D eigenvalue weighted by atomic mass is 16.5. The number of aromatic nitrogens is 2. The fraction of sp³-hybridized carbons (Fsp3) is 0.500. The Morgan fingerprint density at radius 2 is 2.25 bits per heavy atom. The Morgan fingerprint density at radius 1 is 1.56 bits per heavy atom. The predicted molar refractivity (Wildman–Crippen MR) is 58.7 cm³/mol. The number of nitrogens with zero attached hydrogens (tertiary/aromatic N) is 3. The van der Waals surface area contributed by atoms with Crippen LogP contribution in [-0.4, -0.2) is 40.7 Å². The first-order valence-corrected chi connectivity index (χ1v) is 4.90. The van der Waals surface area contributed by atoms with Crippen molar-refractivity contribution in [2.75, 3.05) is 18.5 Å². The lowest BCUT2D eigenvalue weighted by Crippen LogP contribution is -2.26. The summed E-state index contributed by atoms with van der Waals surface area (Å²) in [5.41, 5.74) is 0. The first-order chi connectivity index (χ1) is 7.49. The summed E-state index contributed by atoms with van der Waals surface area (Å²) < 4.78 is 5.36. The van der Waals surface area contributed by atoms with Gasteiger partial charge >= 0.3 is 5.97 Å². The molecule has 0 aliphatic heterocycles. The number of hydrogen-bond acceptors (Lipinski definition) is 5. The molecule has 16 heavy (non-hydrogen) atoms. The predicted octanol–water partition coefficient (Wildman–Crippen LogP) is 0.785. The third-order valence-electron chi connectivity index (χ3n) is 1.72. The van der Waals surface area contributed by atoms with Crippen LogP contribution in [0.1, 0.15) is 13.8 Å². The van der Waals surface area contributed by atoms with Gasteiger partial charge in [0.15, 0.2) is 5.82 Å². The standard InChI is InChI=1S/C10H15N3O3/c1-7(2)16-9-5-11-4-8(12-9)13(3)6-10(14)15/h4-5,7H,6H2,1-3H3,(H,14,15). The van der Waals surface area contributed by atoms with Crippen molar-refractivity contribution in [3.8, 4) is 5.88 Å². The van der Waals surface area contributed by atoms with Crippen molar-refractivity contribution in [1.82, 2.24) is 9.97 Å². The quantitative estimate of drug-likeness (QED) is 0.798. The molecule has 0 saturated carbocycles. The average Bonchev–Trinajstić information content (AvgIpc) is 2.16. The molecular formula is C10H15N3O3. The second-order valence-corrected chi connectivity index (χ2v) is 3.63. The molecule has 0 amide bonds. The van der Waals surface area contributed by atoms with E-state index in [1.165, 1.54) is 17.3 Å². The van der Waals surface area contributed by atoms with E-state index in [0.29, 0.717) is 11.7 Å². The number of ether oxygens (including phenoxy) is 1. The maximum atomic E-state index is 10.5. The van der Waals surface area contributed by atoms with Crippen LogP contribution in [0.25, 0.3) is 0 Å². The molecule has 1 aromatic heterocycles. The van der Waals surface area contributed by atoms with Crippen molar-refractivity contribution in [1.29, 1.82) is 0 Å². The zero-order valence-corrected chi connectivity index (χ0v) is 9.54. The van der Waals surface area contributed by atoms with E-state index in [1.807, 2.05) is 13.8 Å². The summed E-state index contributed by atoms with van der Waals surface area (Å²) >= 11 is 0. The van der Waals surface area contributed by atoms with Crippen LogP contribution in [-0.2, 0) is 4.79 Å². The molecule has 1 N–H and O–H groups in total. The third-order valence-corrected chi connectivity index (χ3v) is 1.72. The van der Waals surface area contributed by atoms with Gasteiger partial charge in [0.25, 0.3) is 0 Å². The number of carboxylic acid groups (broad SMARTS) is 1. The Hall–Kier alpha value is -1.85. The molecule has 0 radical (unpaired) electrons. The van der Waals surface area contributed by atoms with Gasteiger partial charge in [-0.05, 0) is 13.8 Å². The first kappa shape index (κ1) is 12.2. The Balaban J connectivity index is 2.77. The minimum Gasteiger partial charge on any atom is -0.480 e. The van der Waals surface area contributed by atoms with E-state index in [0.717, 1.165) is 0 Å². The molecule has 0 aliphatic carbocycles. The molecule has 0 aromatic carbocycles. The lowest BCUT2D eigenvalue weighted by molar-refractivity contribution is -0.135. The summed E-state index contributed by atoms with van der Waals surface area (Å²) in [7, 11) is 1.64. The molecular weight excluding hydrogens is 210 g/mol. The normalized spacial score (nSPS) is 10.2. The highest BCUT2D eigenvalue weighted by Crippen LogP contribution is 2.13. The summed E-state index contributed by atoms with van der Waals surface area (Å²) in [6.07, 6.45) is 3.00. The van der Waals surface area contributed by atoms with Crippen LogP contribution in [0.4, 0.5) is 5.82 Å². The zero-order valence-electron chi connectivity index (χ0n) is 9.54. The second-order valence-electron chi connectivity index (χ2n) is 3.63. The minimum absolute atomic E-state index is 0.00864. The average molecular weight is 225 g/mol. The van der Waals surface area contributed by atoms with Gasteiger partial charge in [0, 0.05) is 7.05 Å². The van der Waals surface area contributed by atoms with Crippen molar-refractivity contribution in [3.05, 3.63) is 12.4 Å². The van der Waals surface area contributed by atoms with Gasteiger partial charge in [-0.25, -0.2) is 0 Å². The fourth-order valence-electron chi connectivity index (χ4n) is 1.10. The Labute approximate surface area is 93.9 Å². The van der Waals surface area contributed by atoms with Gasteiger partial charge < -0.3 is 14.7 Å². The van der Waals surface area contributed by atoms with E-state index in [2.05, 4.69) is 9.97 Å². The monoisotopic (exact) mass is 225 g/mol. The van der Waals surface area contributed by atoms with E-state index in [-0.39, 0.29) is 12.6 Å². The molecule has 88 valence electrons. The van der Waals surface area contributed by atoms with Gasteiger partial charge in [-0.15, -0.1) is 0 Å². The molecule has 0 bridgehead atoms. The van der Waals surface area contributed by atoms with Crippen LogP contribution in [0, 0.1) is 0 Å². The molecule has 1 aromatic rings. The number of anilines is 1. The molecule has 1 rings (SSSR count). The van der Waals surface area contributed by atoms with Crippen LogP contribution in [0.2, 0.25) is 0 Å². The largest absolute Gasteiger partial charge is 0.480 e. The maximum Gasteiger partial charge on any atom is 0.323 e. The van der Waals surface area contributed by atoms with Gasteiger partial charge in [0.1, 0.15) is 6.54 Å². The number of carboxylic acids is 1. The SMILES string of the molecule is CC(C)Oc1cncc(N(C)CC(=O)O)n1. The highest BCUT2D eigenvalue weighted by molar-refractivity contribution is 5.72. The molecule has 0 aliphatic rings. The van der Waals surface area contributed by atoms with E-state index in [9.17, 15) is 4.79 Å². The van der Waals surface area contributed by atoms with E-state index in [4.69, 9.17) is 9.84 Å². The minimum atomic E-state index is -0.917. The van der Waals surface area contributed by atoms with Gasteiger partial charge in [-0.2, -0.15) is 4.98 Å². The van der Waals surface area contributed by atoms with Gasteiger partial charge in [-0.1, -0.05) is 0 Å². The molecule has 6 heteroatoms. The van der Waals surface area contributed by atoms with Gasteiger partial charge in [0.2, 0.25) is 5.88 Å². The van der Waals surface area contributed by atoms with E-state index in [1.54, 1.807) is 7.05 Å². The summed E-state index contributed by atoms with van der Waals surface area (Å²) in [5, 5.41) is 8.64. The van der Waals surface area contributed by atoms with Crippen molar-refractivity contribution in [2.24, 2.45) is 0 Å².